The molecule has 0 aliphatic carbocycles. The van der Waals surface area contributed by atoms with E-state index in [0.29, 0.717) is 6.54 Å². The van der Waals surface area contributed by atoms with Gasteiger partial charge in [0.05, 0.1) is 30.6 Å². The van der Waals surface area contributed by atoms with Crippen LogP contribution in [-0.4, -0.2) is 62.9 Å². The zero-order valence-electron chi connectivity index (χ0n) is 13.4. The highest BCUT2D eigenvalue weighted by molar-refractivity contribution is 5.15. The Kier molecular flexibility index (Phi) is 4.82. The Labute approximate surface area is 131 Å². The number of likely N-dealkylation sites (tertiary alicyclic amines) is 1. The minimum Gasteiger partial charge on any atom is -0.394 e. The molecule has 0 saturated carbocycles. The maximum absolute atomic E-state index is 10.3. The average molecular weight is 309 g/mol. The lowest BCUT2D eigenvalue weighted by molar-refractivity contribution is -0.177. The summed E-state index contributed by atoms with van der Waals surface area (Å²) in [5.74, 6) is 0. The Morgan fingerprint density at radius 2 is 2.18 bits per heavy atom. The second kappa shape index (κ2) is 6.66. The Hall–Kier alpha value is -0.950. The van der Waals surface area contributed by atoms with Crippen LogP contribution in [0.4, 0.5) is 0 Å². The number of hydrogen-bond acceptors (Lipinski definition) is 5. The normalized spacial score (nSPS) is 25.7. The van der Waals surface area contributed by atoms with E-state index in [1.165, 1.54) is 5.56 Å². The van der Waals surface area contributed by atoms with Gasteiger partial charge in [0.1, 0.15) is 0 Å². The fourth-order valence-corrected chi connectivity index (χ4v) is 3.65. The van der Waals surface area contributed by atoms with Gasteiger partial charge >= 0.3 is 0 Å². The van der Waals surface area contributed by atoms with Crippen molar-refractivity contribution in [3.8, 4) is 0 Å². The first-order chi connectivity index (χ1) is 10.6. The summed E-state index contributed by atoms with van der Waals surface area (Å²) in [5, 5.41) is 23.7. The molecule has 2 fully saturated rings. The van der Waals surface area contributed by atoms with Gasteiger partial charge in [-0.25, -0.2) is 0 Å². The van der Waals surface area contributed by atoms with E-state index in [1.54, 1.807) is 0 Å². The molecule has 124 valence electrons. The minimum atomic E-state index is -0.308. The van der Waals surface area contributed by atoms with E-state index in [1.807, 2.05) is 17.8 Å². The van der Waals surface area contributed by atoms with Crippen LogP contribution < -0.4 is 0 Å². The molecule has 6 heteroatoms. The molecule has 3 rings (SSSR count). The van der Waals surface area contributed by atoms with Crippen LogP contribution in [0.1, 0.15) is 36.9 Å². The number of aliphatic hydroxyl groups is 2. The van der Waals surface area contributed by atoms with Gasteiger partial charge in [-0.05, 0) is 32.6 Å². The molecule has 1 atom stereocenters. The molecule has 1 unspecified atom stereocenters. The SMILES string of the molecule is Cc1nn(CCO)cc1CN1CCC2(CC1)OCCCC2O. The Morgan fingerprint density at radius 3 is 2.86 bits per heavy atom. The molecule has 2 aliphatic heterocycles. The summed E-state index contributed by atoms with van der Waals surface area (Å²) >= 11 is 0. The third-order valence-electron chi connectivity index (χ3n) is 5.09. The maximum Gasteiger partial charge on any atom is 0.0964 e. The van der Waals surface area contributed by atoms with Gasteiger partial charge in [0.2, 0.25) is 0 Å². The van der Waals surface area contributed by atoms with E-state index in [-0.39, 0.29) is 18.3 Å². The van der Waals surface area contributed by atoms with Crippen LogP contribution in [0.2, 0.25) is 0 Å². The lowest BCUT2D eigenvalue weighted by Gasteiger charge is -2.46. The first-order valence-corrected chi connectivity index (χ1v) is 8.31. The Morgan fingerprint density at radius 1 is 1.41 bits per heavy atom. The summed E-state index contributed by atoms with van der Waals surface area (Å²) in [5.41, 5.74) is 1.95. The number of aryl methyl sites for hydroxylation is 1. The molecule has 1 spiro atoms. The van der Waals surface area contributed by atoms with E-state index in [2.05, 4.69) is 10.00 Å². The number of nitrogens with zero attached hydrogens (tertiary/aromatic N) is 3. The van der Waals surface area contributed by atoms with E-state index >= 15 is 0 Å². The highest BCUT2D eigenvalue weighted by Crippen LogP contribution is 2.35. The van der Waals surface area contributed by atoms with E-state index < -0.39 is 0 Å². The van der Waals surface area contributed by atoms with Gasteiger partial charge in [-0.3, -0.25) is 9.58 Å². The number of hydrogen-bond donors (Lipinski definition) is 2. The quantitative estimate of drug-likeness (QED) is 0.856. The van der Waals surface area contributed by atoms with Gasteiger partial charge in [-0.1, -0.05) is 0 Å². The predicted molar refractivity (Wildman–Crippen MR) is 82.5 cm³/mol. The van der Waals surface area contributed by atoms with Crippen LogP contribution in [0.15, 0.2) is 6.20 Å². The number of piperidine rings is 1. The van der Waals surface area contributed by atoms with Crippen molar-refractivity contribution in [2.75, 3.05) is 26.3 Å². The molecule has 1 aromatic heterocycles. The van der Waals surface area contributed by atoms with E-state index in [9.17, 15) is 5.11 Å². The molecule has 22 heavy (non-hydrogen) atoms. The molecular formula is C16H27N3O3. The first kappa shape index (κ1) is 15.9. The highest BCUT2D eigenvalue weighted by Gasteiger charge is 2.43. The molecule has 6 nitrogen and oxygen atoms in total. The van der Waals surface area contributed by atoms with Crippen molar-refractivity contribution >= 4 is 0 Å². The van der Waals surface area contributed by atoms with Crippen LogP contribution in [0.5, 0.6) is 0 Å². The van der Waals surface area contributed by atoms with Gasteiger partial charge < -0.3 is 14.9 Å². The molecule has 0 amide bonds. The molecule has 3 heterocycles. The fourth-order valence-electron chi connectivity index (χ4n) is 3.65. The van der Waals surface area contributed by atoms with Crippen LogP contribution in [0.25, 0.3) is 0 Å². The van der Waals surface area contributed by atoms with Crippen molar-refractivity contribution < 1.29 is 14.9 Å². The monoisotopic (exact) mass is 309 g/mol. The van der Waals surface area contributed by atoms with Crippen molar-refractivity contribution in [2.45, 2.75) is 57.4 Å². The molecule has 2 saturated heterocycles. The van der Waals surface area contributed by atoms with Crippen molar-refractivity contribution in [3.63, 3.8) is 0 Å². The standard InChI is InChI=1S/C16H27N3O3/c1-13-14(12-19(17-13)8-9-20)11-18-6-4-16(5-7-18)15(21)3-2-10-22-16/h12,15,20-21H,2-11H2,1H3. The van der Waals surface area contributed by atoms with E-state index in [4.69, 9.17) is 9.84 Å². The number of aliphatic hydroxyl groups excluding tert-OH is 2. The van der Waals surface area contributed by atoms with Crippen LogP contribution >= 0.6 is 0 Å². The molecule has 2 aliphatic rings. The highest BCUT2D eigenvalue weighted by atomic mass is 16.5. The Balaban J connectivity index is 1.57. The Bertz CT molecular complexity index is 495. The molecule has 0 aromatic carbocycles. The second-order valence-electron chi connectivity index (χ2n) is 6.57. The summed E-state index contributed by atoms with van der Waals surface area (Å²) in [6.45, 7) is 6.23. The number of aromatic nitrogens is 2. The van der Waals surface area contributed by atoms with Crippen LogP contribution in [-0.2, 0) is 17.8 Å². The fraction of sp³-hybridized carbons (Fsp3) is 0.812. The van der Waals surface area contributed by atoms with Crippen LogP contribution in [0.3, 0.4) is 0 Å². The molecule has 1 aromatic rings. The van der Waals surface area contributed by atoms with Crippen molar-refractivity contribution in [1.82, 2.24) is 14.7 Å². The lowest BCUT2D eigenvalue weighted by atomic mass is 9.82. The summed E-state index contributed by atoms with van der Waals surface area (Å²) in [4.78, 5) is 2.41. The third kappa shape index (κ3) is 3.20. The smallest absolute Gasteiger partial charge is 0.0964 e. The number of rotatable bonds is 4. The van der Waals surface area contributed by atoms with Gasteiger partial charge in [0.15, 0.2) is 0 Å². The topological polar surface area (TPSA) is 70.8 Å². The van der Waals surface area contributed by atoms with Crippen molar-refractivity contribution in [3.05, 3.63) is 17.5 Å². The first-order valence-electron chi connectivity index (χ1n) is 8.31. The molecule has 0 bridgehead atoms. The average Bonchev–Trinajstić information content (AvgIpc) is 2.85. The van der Waals surface area contributed by atoms with Gasteiger partial charge in [-0.2, -0.15) is 5.10 Å². The molecule has 2 N–H and O–H groups in total. The van der Waals surface area contributed by atoms with Gasteiger partial charge in [0.25, 0.3) is 0 Å². The summed E-state index contributed by atoms with van der Waals surface area (Å²) in [6.07, 6.45) is 5.36. The molecular weight excluding hydrogens is 282 g/mol. The molecule has 0 radical (unpaired) electrons. The summed E-state index contributed by atoms with van der Waals surface area (Å²) in [7, 11) is 0. The lowest BCUT2D eigenvalue weighted by Crippen LogP contribution is -2.55. The summed E-state index contributed by atoms with van der Waals surface area (Å²) < 4.78 is 7.77. The largest absolute Gasteiger partial charge is 0.394 e. The third-order valence-corrected chi connectivity index (χ3v) is 5.09. The van der Waals surface area contributed by atoms with Crippen molar-refractivity contribution in [1.29, 1.82) is 0 Å². The number of ether oxygens (including phenoxy) is 1. The maximum atomic E-state index is 10.3. The van der Waals surface area contributed by atoms with E-state index in [0.717, 1.165) is 57.6 Å². The van der Waals surface area contributed by atoms with Crippen molar-refractivity contribution in [2.24, 2.45) is 0 Å². The zero-order valence-corrected chi connectivity index (χ0v) is 13.4. The summed E-state index contributed by atoms with van der Waals surface area (Å²) in [6, 6.07) is 0. The zero-order chi connectivity index (χ0) is 15.6. The van der Waals surface area contributed by atoms with Gasteiger partial charge in [0, 0.05) is 38.0 Å². The van der Waals surface area contributed by atoms with Crippen LogP contribution in [0, 0.1) is 6.92 Å². The minimum absolute atomic E-state index is 0.113. The van der Waals surface area contributed by atoms with Gasteiger partial charge in [-0.15, -0.1) is 0 Å². The predicted octanol–water partition coefficient (Wildman–Crippen LogP) is 0.690. The second-order valence-corrected chi connectivity index (χ2v) is 6.57.